The van der Waals surface area contributed by atoms with E-state index in [4.69, 9.17) is 25.4 Å². The van der Waals surface area contributed by atoms with Crippen molar-refractivity contribution in [1.29, 1.82) is 0 Å². The molecule has 3 heterocycles. The highest BCUT2D eigenvalue weighted by atomic mass is 16.6. The van der Waals surface area contributed by atoms with Crippen LogP contribution in [0.4, 0.5) is 5.82 Å². The van der Waals surface area contributed by atoms with Gasteiger partial charge in [0.25, 0.3) is 0 Å². The van der Waals surface area contributed by atoms with Gasteiger partial charge in [-0.1, -0.05) is 0 Å². The molecule has 2 aromatic heterocycles. The van der Waals surface area contributed by atoms with Crippen LogP contribution in [0.2, 0.25) is 0 Å². The summed E-state index contributed by atoms with van der Waals surface area (Å²) in [7, 11) is 0. The second-order valence-electron chi connectivity index (χ2n) is 5.13. The number of aliphatic hydroxyl groups is 3. The van der Waals surface area contributed by atoms with Crippen molar-refractivity contribution >= 4 is 23.0 Å². The van der Waals surface area contributed by atoms with Gasteiger partial charge in [-0.05, 0) is 0 Å². The molecule has 1 fully saturated rings. The third-order valence-corrected chi connectivity index (χ3v) is 3.54. The van der Waals surface area contributed by atoms with Crippen LogP contribution in [-0.4, -0.2) is 77.4 Å². The molecule has 0 bridgehead atoms. The minimum atomic E-state index is -1.33. The lowest BCUT2D eigenvalue weighted by atomic mass is 10.1. The van der Waals surface area contributed by atoms with Crippen molar-refractivity contribution < 1.29 is 34.7 Å². The number of fused-ring (bicyclic) bond motifs is 1. The van der Waals surface area contributed by atoms with Crippen LogP contribution in [0.3, 0.4) is 0 Å². The van der Waals surface area contributed by atoms with Crippen molar-refractivity contribution in [3.63, 3.8) is 0 Å². The molecule has 2 aromatic rings. The molecule has 1 aliphatic rings. The van der Waals surface area contributed by atoms with Crippen molar-refractivity contribution in [3.8, 4) is 6.01 Å². The summed E-state index contributed by atoms with van der Waals surface area (Å²) in [6.45, 7) is -1.14. The first-order chi connectivity index (χ1) is 11.4. The number of imidazole rings is 1. The highest BCUT2D eigenvalue weighted by molar-refractivity contribution is 5.82. The molecular formula is C12H15N5O7. The Morgan fingerprint density at radius 1 is 1.38 bits per heavy atom. The summed E-state index contributed by atoms with van der Waals surface area (Å²) in [6.07, 6.45) is -3.39. The Labute approximate surface area is 134 Å². The van der Waals surface area contributed by atoms with Crippen molar-refractivity contribution in [2.75, 3.05) is 18.9 Å². The molecule has 3 rings (SSSR count). The Morgan fingerprint density at radius 2 is 2.12 bits per heavy atom. The number of carbonyl (C=O) groups is 1. The lowest BCUT2D eigenvalue weighted by molar-refractivity contribution is -0.139. The first-order valence-corrected chi connectivity index (χ1v) is 6.89. The van der Waals surface area contributed by atoms with E-state index in [1.165, 1.54) is 10.9 Å². The molecular weight excluding hydrogens is 326 g/mol. The van der Waals surface area contributed by atoms with Crippen LogP contribution in [0.25, 0.3) is 11.2 Å². The quantitative estimate of drug-likeness (QED) is 0.386. The lowest BCUT2D eigenvalue weighted by Crippen LogP contribution is -2.33. The van der Waals surface area contributed by atoms with Gasteiger partial charge < -0.3 is 35.6 Å². The number of anilines is 1. The SMILES string of the molecule is Nc1nc(OCC(=O)O)nc2c1ncn2[C@@H]1O[C@H](CO)[C@@H](O)[C@H]1O. The summed E-state index contributed by atoms with van der Waals surface area (Å²) in [5.41, 5.74) is 6.06. The summed E-state index contributed by atoms with van der Waals surface area (Å²) < 4.78 is 11.6. The van der Waals surface area contributed by atoms with Crippen LogP contribution in [0, 0.1) is 0 Å². The molecule has 12 heteroatoms. The second kappa shape index (κ2) is 6.16. The van der Waals surface area contributed by atoms with Gasteiger partial charge in [-0.25, -0.2) is 9.78 Å². The van der Waals surface area contributed by atoms with Gasteiger partial charge in [-0.3, -0.25) is 4.57 Å². The number of ether oxygens (including phenoxy) is 2. The first kappa shape index (κ1) is 16.3. The molecule has 0 saturated carbocycles. The molecule has 4 atom stereocenters. The van der Waals surface area contributed by atoms with Gasteiger partial charge in [0.2, 0.25) is 0 Å². The smallest absolute Gasteiger partial charge is 0.341 e. The zero-order valence-corrected chi connectivity index (χ0v) is 12.2. The van der Waals surface area contributed by atoms with Gasteiger partial charge in [0.05, 0.1) is 12.9 Å². The van der Waals surface area contributed by atoms with Crippen LogP contribution in [-0.2, 0) is 9.53 Å². The molecule has 6 N–H and O–H groups in total. The van der Waals surface area contributed by atoms with Crippen LogP contribution in [0.1, 0.15) is 6.23 Å². The molecule has 1 saturated heterocycles. The Kier molecular flexibility index (Phi) is 4.19. The summed E-state index contributed by atoms with van der Waals surface area (Å²) in [6, 6.07) is -0.282. The Bertz CT molecular complexity index is 766. The van der Waals surface area contributed by atoms with E-state index in [-0.39, 0.29) is 23.0 Å². The number of hydrogen-bond acceptors (Lipinski definition) is 10. The Balaban J connectivity index is 1.98. The highest BCUT2D eigenvalue weighted by Crippen LogP contribution is 2.32. The highest BCUT2D eigenvalue weighted by Gasteiger charge is 2.44. The zero-order chi connectivity index (χ0) is 17.4. The van der Waals surface area contributed by atoms with E-state index in [0.717, 1.165) is 0 Å². The van der Waals surface area contributed by atoms with E-state index in [1.807, 2.05) is 0 Å². The van der Waals surface area contributed by atoms with E-state index in [1.54, 1.807) is 0 Å². The molecule has 0 aliphatic carbocycles. The number of carboxylic acid groups (broad SMARTS) is 1. The lowest BCUT2D eigenvalue weighted by Gasteiger charge is -2.16. The second-order valence-corrected chi connectivity index (χ2v) is 5.13. The van der Waals surface area contributed by atoms with Crippen molar-refractivity contribution in [3.05, 3.63) is 6.33 Å². The van der Waals surface area contributed by atoms with E-state index in [9.17, 15) is 15.0 Å². The number of aromatic nitrogens is 4. The minimum absolute atomic E-state index is 0.0501. The van der Waals surface area contributed by atoms with Gasteiger partial charge in [-0.15, -0.1) is 0 Å². The largest absolute Gasteiger partial charge is 0.479 e. The number of aliphatic carboxylic acids is 1. The number of nitrogens with zero attached hydrogens (tertiary/aromatic N) is 4. The standard InChI is InChI=1S/C12H15N5O7/c13-9-6-10(16-12(15-9)23-2-5(19)20)17(3-14-6)11-8(22)7(21)4(1-18)24-11/h3-4,7-8,11,18,21-22H,1-2H2,(H,19,20)(H2,13,15,16)/t4-,7-,8-,11-/m1/s1. The Hall–Kier alpha value is -2.54. The van der Waals surface area contributed by atoms with Crippen LogP contribution < -0.4 is 10.5 Å². The topological polar surface area (TPSA) is 186 Å². The van der Waals surface area contributed by atoms with Gasteiger partial charge in [0.1, 0.15) is 18.3 Å². The predicted molar refractivity (Wildman–Crippen MR) is 75.9 cm³/mol. The fourth-order valence-corrected chi connectivity index (χ4v) is 2.40. The third-order valence-electron chi connectivity index (χ3n) is 3.54. The maximum absolute atomic E-state index is 10.6. The summed E-state index contributed by atoms with van der Waals surface area (Å²) in [5.74, 6) is -1.26. The van der Waals surface area contributed by atoms with Crippen molar-refractivity contribution in [2.24, 2.45) is 0 Å². The summed E-state index contributed by atoms with van der Waals surface area (Å²) in [4.78, 5) is 22.4. The summed E-state index contributed by atoms with van der Waals surface area (Å²) >= 11 is 0. The first-order valence-electron chi connectivity index (χ1n) is 6.89. The zero-order valence-electron chi connectivity index (χ0n) is 12.2. The number of aliphatic hydroxyl groups excluding tert-OH is 3. The number of rotatable bonds is 5. The average Bonchev–Trinajstić information content (AvgIpc) is 3.08. The fourth-order valence-electron chi connectivity index (χ4n) is 2.40. The third kappa shape index (κ3) is 2.71. The molecule has 24 heavy (non-hydrogen) atoms. The van der Waals surface area contributed by atoms with Gasteiger partial charge >= 0.3 is 12.0 Å². The molecule has 0 unspecified atom stereocenters. The molecule has 1 aliphatic heterocycles. The van der Waals surface area contributed by atoms with Crippen LogP contribution in [0.5, 0.6) is 6.01 Å². The van der Waals surface area contributed by atoms with E-state index < -0.39 is 43.7 Å². The number of nitrogens with two attached hydrogens (primary N) is 1. The molecule has 0 radical (unpaired) electrons. The van der Waals surface area contributed by atoms with E-state index in [2.05, 4.69) is 15.0 Å². The van der Waals surface area contributed by atoms with E-state index in [0.29, 0.717) is 0 Å². The Morgan fingerprint density at radius 3 is 2.75 bits per heavy atom. The molecule has 0 amide bonds. The van der Waals surface area contributed by atoms with Crippen molar-refractivity contribution in [2.45, 2.75) is 24.5 Å². The van der Waals surface area contributed by atoms with Crippen LogP contribution in [0.15, 0.2) is 6.33 Å². The average molecular weight is 341 g/mol. The number of nitrogen functional groups attached to an aromatic ring is 1. The molecule has 130 valence electrons. The van der Waals surface area contributed by atoms with Gasteiger partial charge in [-0.2, -0.15) is 9.97 Å². The number of carboxylic acids is 1. The van der Waals surface area contributed by atoms with Crippen LogP contribution >= 0.6 is 0 Å². The van der Waals surface area contributed by atoms with E-state index >= 15 is 0 Å². The number of hydrogen-bond donors (Lipinski definition) is 5. The normalized spacial score (nSPS) is 26.8. The minimum Gasteiger partial charge on any atom is -0.479 e. The predicted octanol–water partition coefficient (Wildman–Crippen LogP) is -2.52. The van der Waals surface area contributed by atoms with Crippen molar-refractivity contribution in [1.82, 2.24) is 19.5 Å². The van der Waals surface area contributed by atoms with Gasteiger partial charge in [0.15, 0.2) is 29.8 Å². The van der Waals surface area contributed by atoms with Gasteiger partial charge in [0, 0.05) is 0 Å². The molecule has 0 aromatic carbocycles. The maximum Gasteiger partial charge on any atom is 0.341 e. The fraction of sp³-hybridized carbons (Fsp3) is 0.500. The maximum atomic E-state index is 10.6. The monoisotopic (exact) mass is 341 g/mol. The molecule has 0 spiro atoms. The summed E-state index contributed by atoms with van der Waals surface area (Å²) in [5, 5.41) is 37.7. The molecule has 12 nitrogen and oxygen atoms in total.